The monoisotopic (exact) mass is 317 g/mol. The molecule has 0 aliphatic heterocycles. The summed E-state index contributed by atoms with van der Waals surface area (Å²) in [5.41, 5.74) is 3.63. The molecule has 0 heterocycles. The van der Waals surface area contributed by atoms with E-state index >= 15 is 0 Å². The number of benzene rings is 2. The first-order valence-electron chi connectivity index (χ1n) is 7.22. The lowest BCUT2D eigenvalue weighted by atomic mass is 10.0. The van der Waals surface area contributed by atoms with Gasteiger partial charge in [0, 0.05) is 10.7 Å². The maximum atomic E-state index is 12.2. The van der Waals surface area contributed by atoms with Gasteiger partial charge in [-0.1, -0.05) is 43.6 Å². The van der Waals surface area contributed by atoms with Crippen LogP contribution in [0, 0.1) is 13.8 Å². The van der Waals surface area contributed by atoms with E-state index in [0.717, 1.165) is 16.7 Å². The zero-order valence-electron chi connectivity index (χ0n) is 13.2. The van der Waals surface area contributed by atoms with Crippen molar-refractivity contribution in [1.29, 1.82) is 0 Å². The molecule has 0 bridgehead atoms. The van der Waals surface area contributed by atoms with E-state index in [1.54, 1.807) is 12.1 Å². The van der Waals surface area contributed by atoms with Crippen LogP contribution in [0.1, 0.15) is 36.5 Å². The van der Waals surface area contributed by atoms with Crippen molar-refractivity contribution in [2.45, 2.75) is 33.6 Å². The van der Waals surface area contributed by atoms with Crippen LogP contribution in [0.2, 0.25) is 5.02 Å². The van der Waals surface area contributed by atoms with Gasteiger partial charge in [-0.05, 0) is 54.7 Å². The van der Waals surface area contributed by atoms with E-state index in [1.807, 2.05) is 38.1 Å². The molecule has 2 aromatic carbocycles. The Bertz CT molecular complexity index is 695. The number of hydrogen-bond donors (Lipinski definition) is 1. The van der Waals surface area contributed by atoms with Gasteiger partial charge in [0.2, 0.25) is 0 Å². The summed E-state index contributed by atoms with van der Waals surface area (Å²) in [5.74, 6) is 0.864. The minimum Gasteiger partial charge on any atom is -0.410 e. The first-order chi connectivity index (χ1) is 10.4. The van der Waals surface area contributed by atoms with Gasteiger partial charge in [-0.15, -0.1) is 0 Å². The highest BCUT2D eigenvalue weighted by molar-refractivity contribution is 6.31. The average Bonchev–Trinajstić information content (AvgIpc) is 2.42. The van der Waals surface area contributed by atoms with Gasteiger partial charge in [0.15, 0.2) is 0 Å². The van der Waals surface area contributed by atoms with Gasteiger partial charge in [0.05, 0.1) is 0 Å². The fourth-order valence-electron chi connectivity index (χ4n) is 2.17. The van der Waals surface area contributed by atoms with Gasteiger partial charge in [0.1, 0.15) is 5.75 Å². The summed E-state index contributed by atoms with van der Waals surface area (Å²) in [5, 5.41) is 3.31. The number of carbonyl (C=O) groups excluding carboxylic acids is 1. The number of amides is 1. The summed E-state index contributed by atoms with van der Waals surface area (Å²) in [6.45, 7) is 8.00. The van der Waals surface area contributed by atoms with Gasteiger partial charge in [0.25, 0.3) is 0 Å². The molecule has 3 nitrogen and oxygen atoms in total. The number of hydrogen-bond acceptors (Lipinski definition) is 2. The van der Waals surface area contributed by atoms with Crippen molar-refractivity contribution in [3.63, 3.8) is 0 Å². The number of carbonyl (C=O) groups is 1. The number of rotatable bonds is 3. The predicted octanol–water partition coefficient (Wildman–Crippen LogP) is 5.69. The molecule has 0 saturated carbocycles. The molecule has 0 radical (unpaired) electrons. The molecule has 0 unspecified atom stereocenters. The van der Waals surface area contributed by atoms with Gasteiger partial charge in [-0.25, -0.2) is 4.79 Å². The molecule has 0 atom stereocenters. The summed E-state index contributed by atoms with van der Waals surface area (Å²) in [7, 11) is 0. The molecule has 116 valence electrons. The Kier molecular flexibility index (Phi) is 5.09. The highest BCUT2D eigenvalue weighted by atomic mass is 35.5. The minimum atomic E-state index is -0.516. The maximum absolute atomic E-state index is 12.2. The predicted molar refractivity (Wildman–Crippen MR) is 91.1 cm³/mol. The number of nitrogens with one attached hydrogen (secondary N) is 1. The number of aryl methyl sites for hydroxylation is 2. The largest absolute Gasteiger partial charge is 0.417 e. The highest BCUT2D eigenvalue weighted by Crippen LogP contribution is 2.28. The fraction of sp³-hybridized carbons (Fsp3) is 0.278. The third-order valence-electron chi connectivity index (χ3n) is 3.43. The smallest absolute Gasteiger partial charge is 0.410 e. The zero-order chi connectivity index (χ0) is 16.3. The SMILES string of the molecule is Cc1ccc(C(C)C)c(OC(=O)Nc2cc(Cl)ccc2C)c1. The molecule has 0 fully saturated rings. The molecular formula is C18H20ClNO2. The van der Waals surface area contributed by atoms with E-state index in [-0.39, 0.29) is 5.92 Å². The van der Waals surface area contributed by atoms with Crippen LogP contribution in [-0.2, 0) is 0 Å². The molecule has 0 aliphatic rings. The number of ether oxygens (including phenoxy) is 1. The summed E-state index contributed by atoms with van der Waals surface area (Å²) in [6.07, 6.45) is -0.516. The van der Waals surface area contributed by atoms with E-state index < -0.39 is 6.09 Å². The minimum absolute atomic E-state index is 0.274. The van der Waals surface area contributed by atoms with Crippen LogP contribution in [0.4, 0.5) is 10.5 Å². The Hall–Kier alpha value is -2.00. The standard InChI is InChI=1S/C18H20ClNO2/c1-11(2)15-8-5-12(3)9-17(15)22-18(21)20-16-10-14(19)7-6-13(16)4/h5-11H,1-4H3,(H,20,21). The van der Waals surface area contributed by atoms with Gasteiger partial charge in [-0.3, -0.25) is 5.32 Å². The lowest BCUT2D eigenvalue weighted by molar-refractivity contribution is 0.214. The fourth-order valence-corrected chi connectivity index (χ4v) is 2.34. The molecule has 2 rings (SSSR count). The van der Waals surface area contributed by atoms with Crippen molar-refractivity contribution in [1.82, 2.24) is 0 Å². The Morgan fingerprint density at radius 3 is 2.55 bits per heavy atom. The molecule has 2 aromatic rings. The molecule has 0 aliphatic carbocycles. The highest BCUT2D eigenvalue weighted by Gasteiger charge is 2.13. The first-order valence-corrected chi connectivity index (χ1v) is 7.60. The Balaban J connectivity index is 2.19. The normalized spacial score (nSPS) is 10.6. The van der Waals surface area contributed by atoms with E-state index in [1.165, 1.54) is 0 Å². The van der Waals surface area contributed by atoms with Crippen molar-refractivity contribution >= 4 is 23.4 Å². The summed E-state index contributed by atoms with van der Waals surface area (Å²) in [4.78, 5) is 12.2. The first kappa shape index (κ1) is 16.4. The molecule has 0 aromatic heterocycles. The van der Waals surface area contributed by atoms with Crippen LogP contribution >= 0.6 is 11.6 Å². The second kappa shape index (κ2) is 6.84. The Labute approximate surface area is 136 Å². The van der Waals surface area contributed by atoms with Gasteiger partial charge in [-0.2, -0.15) is 0 Å². The average molecular weight is 318 g/mol. The van der Waals surface area contributed by atoms with E-state index in [2.05, 4.69) is 19.2 Å². The summed E-state index contributed by atoms with van der Waals surface area (Å²) >= 11 is 5.96. The molecule has 0 spiro atoms. The lowest BCUT2D eigenvalue weighted by Gasteiger charge is -2.14. The van der Waals surface area contributed by atoms with E-state index in [0.29, 0.717) is 16.5 Å². The van der Waals surface area contributed by atoms with Crippen LogP contribution < -0.4 is 10.1 Å². The third kappa shape index (κ3) is 4.01. The van der Waals surface area contributed by atoms with Crippen molar-refractivity contribution < 1.29 is 9.53 Å². The topological polar surface area (TPSA) is 38.3 Å². The van der Waals surface area contributed by atoms with Crippen molar-refractivity contribution in [3.8, 4) is 5.75 Å². The molecule has 22 heavy (non-hydrogen) atoms. The second-order valence-corrected chi connectivity index (χ2v) is 6.11. The number of halogens is 1. The van der Waals surface area contributed by atoms with Gasteiger partial charge >= 0.3 is 6.09 Å². The van der Waals surface area contributed by atoms with Crippen molar-refractivity contribution in [2.24, 2.45) is 0 Å². The van der Waals surface area contributed by atoms with Crippen LogP contribution in [0.15, 0.2) is 36.4 Å². The van der Waals surface area contributed by atoms with Crippen molar-refractivity contribution in [2.75, 3.05) is 5.32 Å². The second-order valence-electron chi connectivity index (χ2n) is 5.67. The maximum Gasteiger partial charge on any atom is 0.417 e. The molecular weight excluding hydrogens is 298 g/mol. The van der Waals surface area contributed by atoms with Gasteiger partial charge < -0.3 is 4.74 Å². The molecule has 1 amide bonds. The van der Waals surface area contributed by atoms with E-state index in [4.69, 9.17) is 16.3 Å². The van der Waals surface area contributed by atoms with Crippen molar-refractivity contribution in [3.05, 3.63) is 58.1 Å². The molecule has 0 saturated heterocycles. The van der Waals surface area contributed by atoms with Crippen LogP contribution in [-0.4, -0.2) is 6.09 Å². The number of anilines is 1. The zero-order valence-corrected chi connectivity index (χ0v) is 14.0. The Morgan fingerprint density at radius 1 is 1.14 bits per heavy atom. The summed E-state index contributed by atoms with van der Waals surface area (Å²) < 4.78 is 5.49. The quantitative estimate of drug-likeness (QED) is 0.789. The molecule has 4 heteroatoms. The molecule has 1 N–H and O–H groups in total. The van der Waals surface area contributed by atoms with Crippen LogP contribution in [0.3, 0.4) is 0 Å². The Morgan fingerprint density at radius 2 is 1.86 bits per heavy atom. The lowest BCUT2D eigenvalue weighted by Crippen LogP contribution is -2.18. The van der Waals surface area contributed by atoms with Crippen LogP contribution in [0.5, 0.6) is 5.75 Å². The van der Waals surface area contributed by atoms with Crippen LogP contribution in [0.25, 0.3) is 0 Å². The van der Waals surface area contributed by atoms with E-state index in [9.17, 15) is 4.79 Å². The summed E-state index contributed by atoms with van der Waals surface area (Å²) in [6, 6.07) is 11.2. The third-order valence-corrected chi connectivity index (χ3v) is 3.67.